The van der Waals surface area contributed by atoms with Gasteiger partial charge >= 0.3 is 0 Å². The Labute approximate surface area is 135 Å². The number of benzene rings is 2. The number of halogens is 1. The Balaban J connectivity index is 1.56. The molecule has 3 nitrogen and oxygen atoms in total. The summed E-state index contributed by atoms with van der Waals surface area (Å²) in [5, 5.41) is 3.73. The smallest absolute Gasteiger partial charge is 0.258 e. The Morgan fingerprint density at radius 1 is 1.14 bits per heavy atom. The quantitative estimate of drug-likeness (QED) is 0.875. The van der Waals surface area contributed by atoms with Gasteiger partial charge in [0.25, 0.3) is 5.91 Å². The molecule has 0 aromatic heterocycles. The van der Waals surface area contributed by atoms with Crippen molar-refractivity contribution < 1.29 is 9.53 Å². The van der Waals surface area contributed by atoms with Crippen molar-refractivity contribution in [1.82, 2.24) is 5.32 Å². The minimum absolute atomic E-state index is 0.0116. The van der Waals surface area contributed by atoms with Crippen molar-refractivity contribution in [3.05, 3.63) is 65.2 Å². The van der Waals surface area contributed by atoms with Gasteiger partial charge in [-0.1, -0.05) is 41.9 Å². The molecule has 1 aliphatic carbocycles. The summed E-state index contributed by atoms with van der Waals surface area (Å²) < 4.78 is 5.49. The molecule has 0 bridgehead atoms. The normalized spacial score (nSPS) is 15.1. The molecule has 3 rings (SSSR count). The molecule has 1 atom stereocenters. The summed E-state index contributed by atoms with van der Waals surface area (Å²) >= 11 is 5.82. The van der Waals surface area contributed by atoms with Crippen LogP contribution in [0.25, 0.3) is 0 Å². The van der Waals surface area contributed by atoms with Crippen molar-refractivity contribution in [3.63, 3.8) is 0 Å². The monoisotopic (exact) mass is 315 g/mol. The van der Waals surface area contributed by atoms with Crippen LogP contribution in [0.2, 0.25) is 5.02 Å². The number of amides is 1. The van der Waals surface area contributed by atoms with Gasteiger partial charge in [0.1, 0.15) is 5.75 Å². The van der Waals surface area contributed by atoms with E-state index in [1.165, 1.54) is 0 Å². The molecular weight excluding hydrogens is 298 g/mol. The molecule has 1 fully saturated rings. The Bertz CT molecular complexity index is 623. The maximum atomic E-state index is 12.1. The van der Waals surface area contributed by atoms with E-state index < -0.39 is 0 Å². The fourth-order valence-electron chi connectivity index (χ4n) is 2.46. The molecule has 2 aromatic rings. The van der Waals surface area contributed by atoms with E-state index in [9.17, 15) is 4.79 Å². The summed E-state index contributed by atoms with van der Waals surface area (Å²) in [5.41, 5.74) is 1.16. The summed E-state index contributed by atoms with van der Waals surface area (Å²) in [4.78, 5) is 12.1. The molecule has 0 unspecified atom stereocenters. The van der Waals surface area contributed by atoms with Crippen LogP contribution < -0.4 is 10.1 Å². The van der Waals surface area contributed by atoms with Gasteiger partial charge in [0.05, 0.1) is 6.04 Å². The van der Waals surface area contributed by atoms with Crippen LogP contribution in [0.4, 0.5) is 0 Å². The Morgan fingerprint density at radius 2 is 1.82 bits per heavy atom. The lowest BCUT2D eigenvalue weighted by molar-refractivity contribution is -0.124. The van der Waals surface area contributed by atoms with Gasteiger partial charge in [-0.05, 0) is 48.6 Å². The van der Waals surface area contributed by atoms with E-state index in [0.29, 0.717) is 16.7 Å². The number of rotatable bonds is 6. The van der Waals surface area contributed by atoms with E-state index in [1.807, 2.05) is 18.2 Å². The highest BCUT2D eigenvalue weighted by molar-refractivity contribution is 6.30. The average molecular weight is 316 g/mol. The zero-order chi connectivity index (χ0) is 15.4. The van der Waals surface area contributed by atoms with Gasteiger partial charge in [0.2, 0.25) is 0 Å². The van der Waals surface area contributed by atoms with Gasteiger partial charge in [-0.2, -0.15) is 0 Å². The lowest BCUT2D eigenvalue weighted by atomic mass is 10.0. The predicted octanol–water partition coefficient (Wildman–Crippen LogP) is 3.99. The zero-order valence-corrected chi connectivity index (χ0v) is 12.9. The number of ether oxygens (including phenoxy) is 1. The van der Waals surface area contributed by atoms with Crippen molar-refractivity contribution >= 4 is 17.5 Å². The topological polar surface area (TPSA) is 38.3 Å². The predicted molar refractivity (Wildman–Crippen MR) is 87.0 cm³/mol. The van der Waals surface area contributed by atoms with Gasteiger partial charge in [-0.25, -0.2) is 0 Å². The fraction of sp³-hybridized carbons (Fsp3) is 0.278. The van der Waals surface area contributed by atoms with Crippen molar-refractivity contribution in [3.8, 4) is 5.75 Å². The first kappa shape index (κ1) is 14.9. The zero-order valence-electron chi connectivity index (χ0n) is 12.2. The second-order valence-corrected chi connectivity index (χ2v) is 5.97. The average Bonchev–Trinajstić information content (AvgIpc) is 3.38. The molecule has 0 heterocycles. The lowest BCUT2D eigenvalue weighted by Crippen LogP contribution is -2.33. The van der Waals surface area contributed by atoms with Crippen LogP contribution in [0.3, 0.4) is 0 Å². The third-order valence-corrected chi connectivity index (χ3v) is 4.00. The Hall–Kier alpha value is -2.00. The first-order valence-electron chi connectivity index (χ1n) is 7.45. The standard InChI is InChI=1S/C18H18ClNO2/c19-15-8-10-16(11-9-15)22-12-17(21)20-18(14-6-7-14)13-4-2-1-3-5-13/h1-5,8-11,14,18H,6-7,12H2,(H,20,21)/t18-/m1/s1. The molecule has 1 aliphatic rings. The van der Waals surface area contributed by atoms with Crippen LogP contribution in [0.15, 0.2) is 54.6 Å². The van der Waals surface area contributed by atoms with E-state index in [1.54, 1.807) is 24.3 Å². The van der Waals surface area contributed by atoms with E-state index >= 15 is 0 Å². The van der Waals surface area contributed by atoms with Crippen LogP contribution in [0.1, 0.15) is 24.4 Å². The Kier molecular flexibility index (Phi) is 4.64. The van der Waals surface area contributed by atoms with Crippen LogP contribution in [0, 0.1) is 5.92 Å². The molecule has 0 aliphatic heterocycles. The van der Waals surface area contributed by atoms with Gasteiger partial charge in [-0.15, -0.1) is 0 Å². The number of carbonyl (C=O) groups is 1. The first-order chi connectivity index (χ1) is 10.7. The molecular formula is C18H18ClNO2. The first-order valence-corrected chi connectivity index (χ1v) is 7.83. The molecule has 0 radical (unpaired) electrons. The Morgan fingerprint density at radius 3 is 2.45 bits per heavy atom. The van der Waals surface area contributed by atoms with Gasteiger partial charge in [-0.3, -0.25) is 4.79 Å². The molecule has 4 heteroatoms. The molecule has 0 saturated heterocycles. The minimum Gasteiger partial charge on any atom is -0.484 e. The van der Waals surface area contributed by atoms with E-state index in [-0.39, 0.29) is 18.6 Å². The fourth-order valence-corrected chi connectivity index (χ4v) is 2.58. The van der Waals surface area contributed by atoms with Gasteiger partial charge in [0.15, 0.2) is 6.61 Å². The van der Waals surface area contributed by atoms with Crippen LogP contribution in [-0.2, 0) is 4.79 Å². The number of hydrogen-bond donors (Lipinski definition) is 1. The van der Waals surface area contributed by atoms with Crippen molar-refractivity contribution in [2.75, 3.05) is 6.61 Å². The molecule has 2 aromatic carbocycles. The lowest BCUT2D eigenvalue weighted by Gasteiger charge is -2.19. The van der Waals surface area contributed by atoms with Crippen LogP contribution >= 0.6 is 11.6 Å². The summed E-state index contributed by atoms with van der Waals surface area (Å²) in [7, 11) is 0. The highest BCUT2D eigenvalue weighted by atomic mass is 35.5. The van der Waals surface area contributed by atoms with Gasteiger partial charge in [0, 0.05) is 5.02 Å². The minimum atomic E-state index is -0.101. The molecule has 114 valence electrons. The summed E-state index contributed by atoms with van der Waals surface area (Å²) in [5.74, 6) is 1.08. The van der Waals surface area contributed by atoms with Gasteiger partial charge < -0.3 is 10.1 Å². The second-order valence-electron chi connectivity index (χ2n) is 5.54. The second kappa shape index (κ2) is 6.84. The summed E-state index contributed by atoms with van der Waals surface area (Å²) in [6.07, 6.45) is 2.33. The maximum Gasteiger partial charge on any atom is 0.258 e. The van der Waals surface area contributed by atoms with Crippen LogP contribution in [-0.4, -0.2) is 12.5 Å². The van der Waals surface area contributed by atoms with Crippen molar-refractivity contribution in [2.45, 2.75) is 18.9 Å². The molecule has 22 heavy (non-hydrogen) atoms. The van der Waals surface area contributed by atoms with E-state index in [0.717, 1.165) is 18.4 Å². The van der Waals surface area contributed by atoms with Crippen molar-refractivity contribution in [1.29, 1.82) is 0 Å². The largest absolute Gasteiger partial charge is 0.484 e. The van der Waals surface area contributed by atoms with E-state index in [2.05, 4.69) is 17.4 Å². The summed E-state index contributed by atoms with van der Waals surface area (Å²) in [6.45, 7) is 0.0116. The molecule has 1 saturated carbocycles. The van der Waals surface area contributed by atoms with Crippen LogP contribution in [0.5, 0.6) is 5.75 Å². The number of carbonyl (C=O) groups excluding carboxylic acids is 1. The molecule has 0 spiro atoms. The number of nitrogens with one attached hydrogen (secondary N) is 1. The molecule has 1 amide bonds. The van der Waals surface area contributed by atoms with Crippen molar-refractivity contribution in [2.24, 2.45) is 5.92 Å². The maximum absolute atomic E-state index is 12.1. The summed E-state index contributed by atoms with van der Waals surface area (Å²) in [6, 6.07) is 17.2. The van der Waals surface area contributed by atoms with E-state index in [4.69, 9.17) is 16.3 Å². The SMILES string of the molecule is O=C(COc1ccc(Cl)cc1)N[C@H](c1ccccc1)C1CC1. The third-order valence-electron chi connectivity index (χ3n) is 3.75. The third kappa shape index (κ3) is 4.01. The molecule has 1 N–H and O–H groups in total. The number of hydrogen-bond acceptors (Lipinski definition) is 2. The highest BCUT2D eigenvalue weighted by Gasteiger charge is 2.33. The highest BCUT2D eigenvalue weighted by Crippen LogP contribution is 2.40.